The van der Waals surface area contributed by atoms with Crippen LogP contribution in [0.1, 0.15) is 25.3 Å². The lowest BCUT2D eigenvalue weighted by molar-refractivity contribution is 0.260. The van der Waals surface area contributed by atoms with Crippen molar-refractivity contribution in [1.29, 1.82) is 0 Å². The molecule has 0 saturated carbocycles. The summed E-state index contributed by atoms with van der Waals surface area (Å²) in [5.74, 6) is 0.206. The predicted molar refractivity (Wildman–Crippen MR) is 89.4 cm³/mol. The van der Waals surface area contributed by atoms with Gasteiger partial charge in [0.15, 0.2) is 0 Å². The van der Waals surface area contributed by atoms with Gasteiger partial charge >= 0.3 is 0 Å². The van der Waals surface area contributed by atoms with E-state index in [1.807, 2.05) is 12.1 Å². The Bertz CT molecular complexity index is 632. The molecule has 2 saturated heterocycles. The summed E-state index contributed by atoms with van der Waals surface area (Å²) in [6, 6.07) is 7.98. The van der Waals surface area contributed by atoms with E-state index >= 15 is 0 Å². The van der Waals surface area contributed by atoms with Gasteiger partial charge in [-0.3, -0.25) is 4.90 Å². The van der Waals surface area contributed by atoms with Crippen LogP contribution in [0.2, 0.25) is 5.02 Å². The van der Waals surface area contributed by atoms with Crippen LogP contribution in [-0.2, 0) is 16.6 Å². The number of nitrogens with zero attached hydrogens (tertiary/aromatic N) is 2. The molecule has 0 aliphatic carbocycles. The van der Waals surface area contributed by atoms with Crippen molar-refractivity contribution in [3.63, 3.8) is 0 Å². The minimum Gasteiger partial charge on any atom is -0.298 e. The normalized spacial score (nSPS) is 27.0. The Hall–Kier alpha value is -0.620. The van der Waals surface area contributed by atoms with Crippen molar-refractivity contribution in [3.8, 4) is 0 Å². The molecule has 6 heteroatoms. The highest BCUT2D eigenvalue weighted by Crippen LogP contribution is 2.40. The molecule has 2 aliphatic heterocycles. The highest BCUT2D eigenvalue weighted by atomic mass is 35.5. The van der Waals surface area contributed by atoms with Crippen molar-refractivity contribution < 1.29 is 8.42 Å². The topological polar surface area (TPSA) is 40.6 Å². The molecule has 3 rings (SSSR count). The number of benzene rings is 1. The van der Waals surface area contributed by atoms with Gasteiger partial charge in [-0.1, -0.05) is 23.7 Å². The van der Waals surface area contributed by atoms with E-state index in [0.717, 1.165) is 37.5 Å². The van der Waals surface area contributed by atoms with E-state index in [0.29, 0.717) is 13.1 Å². The first-order valence-corrected chi connectivity index (χ1v) is 9.86. The van der Waals surface area contributed by atoms with Crippen molar-refractivity contribution in [3.05, 3.63) is 34.9 Å². The molecule has 1 atom stereocenters. The lowest BCUT2D eigenvalue weighted by Crippen LogP contribution is -2.34. The Balaban J connectivity index is 1.62. The fourth-order valence-corrected chi connectivity index (χ4v) is 4.99. The van der Waals surface area contributed by atoms with Gasteiger partial charge < -0.3 is 0 Å². The van der Waals surface area contributed by atoms with E-state index in [9.17, 15) is 8.42 Å². The van der Waals surface area contributed by atoms with Gasteiger partial charge in [0.05, 0.1) is 5.75 Å². The number of likely N-dealkylation sites (tertiary alicyclic amines) is 1. The molecule has 122 valence electrons. The van der Waals surface area contributed by atoms with Gasteiger partial charge in [-0.2, -0.15) is 0 Å². The fraction of sp³-hybridized carbons (Fsp3) is 0.625. The molecule has 2 aliphatic rings. The van der Waals surface area contributed by atoms with E-state index in [-0.39, 0.29) is 11.2 Å². The molecule has 22 heavy (non-hydrogen) atoms. The standard InChI is InChI=1S/C16H23ClN2O2S/c1-2-22(20,21)19-10-8-16(13-19)7-9-18(12-16)11-14-3-5-15(17)6-4-14/h3-6H,2,7-13H2,1H3. The minimum atomic E-state index is -3.04. The minimum absolute atomic E-state index is 0.161. The first-order chi connectivity index (χ1) is 10.4. The quantitative estimate of drug-likeness (QED) is 0.844. The van der Waals surface area contributed by atoms with Crippen LogP contribution in [0, 0.1) is 5.41 Å². The van der Waals surface area contributed by atoms with Gasteiger partial charge in [-0.25, -0.2) is 12.7 Å². The van der Waals surface area contributed by atoms with E-state index < -0.39 is 10.0 Å². The average Bonchev–Trinajstić information content (AvgIpc) is 3.10. The molecule has 0 bridgehead atoms. The number of rotatable bonds is 4. The van der Waals surface area contributed by atoms with Crippen LogP contribution in [0.25, 0.3) is 0 Å². The third-order valence-corrected chi connectivity index (χ3v) is 7.08. The van der Waals surface area contributed by atoms with Crippen LogP contribution >= 0.6 is 11.6 Å². The Morgan fingerprint density at radius 3 is 2.50 bits per heavy atom. The van der Waals surface area contributed by atoms with E-state index in [1.165, 1.54) is 5.56 Å². The summed E-state index contributed by atoms with van der Waals surface area (Å²) in [5.41, 5.74) is 1.42. The molecule has 0 aromatic heterocycles. The summed E-state index contributed by atoms with van der Waals surface area (Å²) in [4.78, 5) is 2.44. The highest BCUT2D eigenvalue weighted by molar-refractivity contribution is 7.89. The van der Waals surface area contributed by atoms with Gasteiger partial charge in [-0.15, -0.1) is 0 Å². The molecule has 1 aromatic carbocycles. The van der Waals surface area contributed by atoms with Gasteiger partial charge in [0.1, 0.15) is 0 Å². The molecule has 2 heterocycles. The first-order valence-electron chi connectivity index (χ1n) is 7.87. The Morgan fingerprint density at radius 1 is 1.14 bits per heavy atom. The van der Waals surface area contributed by atoms with Crippen molar-refractivity contribution in [1.82, 2.24) is 9.21 Å². The SMILES string of the molecule is CCS(=O)(=O)N1CCC2(CCN(Cc3ccc(Cl)cc3)C2)C1. The summed E-state index contributed by atoms with van der Waals surface area (Å²) in [5, 5.41) is 0.762. The summed E-state index contributed by atoms with van der Waals surface area (Å²) in [6.45, 7) is 6.06. The zero-order valence-electron chi connectivity index (χ0n) is 13.0. The van der Waals surface area contributed by atoms with Gasteiger partial charge in [0.25, 0.3) is 0 Å². The number of hydrogen-bond donors (Lipinski definition) is 0. The maximum Gasteiger partial charge on any atom is 0.213 e. The van der Waals surface area contributed by atoms with Crippen LogP contribution < -0.4 is 0 Å². The highest BCUT2D eigenvalue weighted by Gasteiger charge is 2.45. The van der Waals surface area contributed by atoms with Crippen LogP contribution in [-0.4, -0.2) is 49.6 Å². The second-order valence-corrected chi connectivity index (χ2v) is 9.27. The monoisotopic (exact) mass is 342 g/mol. The summed E-state index contributed by atoms with van der Waals surface area (Å²) >= 11 is 5.92. The van der Waals surface area contributed by atoms with Crippen LogP contribution in [0.3, 0.4) is 0 Å². The summed E-state index contributed by atoms with van der Waals surface area (Å²) in [6.07, 6.45) is 2.08. The summed E-state index contributed by atoms with van der Waals surface area (Å²) in [7, 11) is -3.04. The molecule has 2 fully saturated rings. The molecule has 0 N–H and O–H groups in total. The van der Waals surface area contributed by atoms with E-state index in [1.54, 1.807) is 11.2 Å². The average molecular weight is 343 g/mol. The number of halogens is 1. The second kappa shape index (κ2) is 6.11. The molecule has 0 amide bonds. The second-order valence-electron chi connectivity index (χ2n) is 6.57. The molecule has 4 nitrogen and oxygen atoms in total. The molecule has 1 spiro atoms. The molecule has 0 radical (unpaired) electrons. The van der Waals surface area contributed by atoms with Crippen LogP contribution in [0.4, 0.5) is 0 Å². The molecular weight excluding hydrogens is 320 g/mol. The van der Waals surface area contributed by atoms with Crippen molar-refractivity contribution >= 4 is 21.6 Å². The zero-order chi connectivity index (χ0) is 15.8. The lowest BCUT2D eigenvalue weighted by atomic mass is 9.86. The smallest absolute Gasteiger partial charge is 0.213 e. The van der Waals surface area contributed by atoms with Crippen molar-refractivity contribution in [2.45, 2.75) is 26.3 Å². The van der Waals surface area contributed by atoms with Gasteiger partial charge in [0, 0.05) is 31.2 Å². The predicted octanol–water partition coefficient (Wildman–Crippen LogP) is 2.59. The van der Waals surface area contributed by atoms with Gasteiger partial charge in [0.2, 0.25) is 10.0 Å². The number of sulfonamides is 1. The van der Waals surface area contributed by atoms with Crippen LogP contribution in [0.5, 0.6) is 0 Å². The Labute approximate surface area is 138 Å². The maximum atomic E-state index is 12.0. The van der Waals surface area contributed by atoms with Crippen molar-refractivity contribution in [2.24, 2.45) is 5.41 Å². The van der Waals surface area contributed by atoms with E-state index in [2.05, 4.69) is 17.0 Å². The summed E-state index contributed by atoms with van der Waals surface area (Å²) < 4.78 is 25.8. The third kappa shape index (κ3) is 3.32. The van der Waals surface area contributed by atoms with Crippen LogP contribution in [0.15, 0.2) is 24.3 Å². The van der Waals surface area contributed by atoms with Gasteiger partial charge in [-0.05, 0) is 49.4 Å². The third-order valence-electron chi connectivity index (χ3n) is 5.00. The Morgan fingerprint density at radius 2 is 1.82 bits per heavy atom. The number of hydrogen-bond acceptors (Lipinski definition) is 3. The molecule has 1 unspecified atom stereocenters. The zero-order valence-corrected chi connectivity index (χ0v) is 14.5. The first kappa shape index (κ1) is 16.2. The molecule has 1 aromatic rings. The largest absolute Gasteiger partial charge is 0.298 e. The lowest BCUT2D eigenvalue weighted by Gasteiger charge is -2.24. The molecular formula is C16H23ClN2O2S. The fourth-order valence-electron chi connectivity index (χ4n) is 3.66. The van der Waals surface area contributed by atoms with E-state index in [4.69, 9.17) is 11.6 Å². The van der Waals surface area contributed by atoms with Crippen molar-refractivity contribution in [2.75, 3.05) is 31.9 Å². The maximum absolute atomic E-state index is 12.0. The Kier molecular flexibility index (Phi) is 4.52.